The van der Waals surface area contributed by atoms with Crippen LogP contribution in [0.15, 0.2) is 0 Å². The standard InChI is InChI=1S/C14H28N2/c1-12(2)10-16(13-4-5-13)9-8-14(11-15)6-3-7-14/h12-13H,3-11,15H2,1-2H3. The summed E-state index contributed by atoms with van der Waals surface area (Å²) in [5, 5.41) is 0. The van der Waals surface area contributed by atoms with Gasteiger partial charge in [0.15, 0.2) is 0 Å². The fourth-order valence-corrected chi connectivity index (χ4v) is 2.95. The molecule has 0 aliphatic heterocycles. The van der Waals surface area contributed by atoms with Crippen LogP contribution in [0.3, 0.4) is 0 Å². The highest BCUT2D eigenvalue weighted by atomic mass is 15.2. The summed E-state index contributed by atoms with van der Waals surface area (Å²) in [4.78, 5) is 2.72. The van der Waals surface area contributed by atoms with Crippen LogP contribution in [0.2, 0.25) is 0 Å². The van der Waals surface area contributed by atoms with Gasteiger partial charge in [-0.05, 0) is 56.5 Å². The van der Waals surface area contributed by atoms with E-state index in [1.54, 1.807) is 0 Å². The van der Waals surface area contributed by atoms with Gasteiger partial charge in [-0.3, -0.25) is 0 Å². The summed E-state index contributed by atoms with van der Waals surface area (Å²) in [6.07, 6.45) is 8.37. The largest absolute Gasteiger partial charge is 0.330 e. The van der Waals surface area contributed by atoms with Crippen LogP contribution >= 0.6 is 0 Å². The lowest BCUT2D eigenvalue weighted by Gasteiger charge is -2.42. The van der Waals surface area contributed by atoms with E-state index in [4.69, 9.17) is 5.73 Å². The predicted octanol–water partition coefficient (Wildman–Crippen LogP) is 2.63. The van der Waals surface area contributed by atoms with Crippen LogP contribution in [0, 0.1) is 11.3 Å². The number of hydrogen-bond donors (Lipinski definition) is 1. The third kappa shape index (κ3) is 2.98. The van der Waals surface area contributed by atoms with E-state index in [-0.39, 0.29) is 0 Å². The Bertz CT molecular complexity index is 211. The fourth-order valence-electron chi connectivity index (χ4n) is 2.95. The van der Waals surface area contributed by atoms with Crippen LogP contribution in [0.25, 0.3) is 0 Å². The van der Waals surface area contributed by atoms with Gasteiger partial charge in [-0.2, -0.15) is 0 Å². The molecular weight excluding hydrogens is 196 g/mol. The van der Waals surface area contributed by atoms with E-state index in [2.05, 4.69) is 18.7 Å². The van der Waals surface area contributed by atoms with Crippen molar-refractivity contribution in [1.82, 2.24) is 4.90 Å². The Kier molecular flexibility index (Phi) is 3.91. The normalized spacial score (nSPS) is 23.8. The molecule has 2 nitrogen and oxygen atoms in total. The molecule has 0 heterocycles. The number of nitrogens with zero attached hydrogens (tertiary/aromatic N) is 1. The molecule has 0 aromatic heterocycles. The van der Waals surface area contributed by atoms with Crippen molar-refractivity contribution in [2.75, 3.05) is 19.6 Å². The lowest BCUT2D eigenvalue weighted by molar-refractivity contribution is 0.0997. The minimum Gasteiger partial charge on any atom is -0.330 e. The van der Waals surface area contributed by atoms with E-state index in [0.29, 0.717) is 5.41 Å². The van der Waals surface area contributed by atoms with Crippen molar-refractivity contribution in [2.24, 2.45) is 17.1 Å². The average molecular weight is 224 g/mol. The van der Waals surface area contributed by atoms with Crippen LogP contribution < -0.4 is 5.73 Å². The van der Waals surface area contributed by atoms with Gasteiger partial charge in [0, 0.05) is 12.6 Å². The molecule has 2 fully saturated rings. The molecule has 16 heavy (non-hydrogen) atoms. The molecule has 2 saturated carbocycles. The highest BCUT2D eigenvalue weighted by Gasteiger charge is 2.37. The Hall–Kier alpha value is -0.0800. The van der Waals surface area contributed by atoms with Crippen molar-refractivity contribution in [3.63, 3.8) is 0 Å². The Balaban J connectivity index is 1.76. The number of hydrogen-bond acceptors (Lipinski definition) is 2. The topological polar surface area (TPSA) is 29.3 Å². The van der Waals surface area contributed by atoms with Crippen molar-refractivity contribution in [2.45, 2.75) is 58.4 Å². The quantitative estimate of drug-likeness (QED) is 0.720. The molecule has 2 aliphatic carbocycles. The lowest BCUT2D eigenvalue weighted by Crippen LogP contribution is -2.41. The predicted molar refractivity (Wildman–Crippen MR) is 69.4 cm³/mol. The zero-order valence-electron chi connectivity index (χ0n) is 11.0. The summed E-state index contributed by atoms with van der Waals surface area (Å²) in [6, 6.07) is 0.914. The summed E-state index contributed by atoms with van der Waals surface area (Å²) in [7, 11) is 0. The summed E-state index contributed by atoms with van der Waals surface area (Å²) in [6.45, 7) is 8.15. The molecule has 0 amide bonds. The maximum absolute atomic E-state index is 5.93. The molecule has 2 heteroatoms. The van der Waals surface area contributed by atoms with E-state index in [9.17, 15) is 0 Å². The Labute approximate surface area is 101 Å². The van der Waals surface area contributed by atoms with Crippen LogP contribution in [-0.2, 0) is 0 Å². The van der Waals surface area contributed by atoms with Gasteiger partial charge >= 0.3 is 0 Å². The zero-order valence-corrected chi connectivity index (χ0v) is 11.0. The van der Waals surface area contributed by atoms with Crippen molar-refractivity contribution >= 4 is 0 Å². The highest BCUT2D eigenvalue weighted by molar-refractivity contribution is 4.91. The van der Waals surface area contributed by atoms with Gasteiger partial charge in [0.25, 0.3) is 0 Å². The number of rotatable bonds is 7. The van der Waals surface area contributed by atoms with E-state index >= 15 is 0 Å². The molecule has 94 valence electrons. The smallest absolute Gasteiger partial charge is 0.00965 e. The van der Waals surface area contributed by atoms with Gasteiger partial charge in [-0.1, -0.05) is 20.3 Å². The van der Waals surface area contributed by atoms with E-state index in [0.717, 1.165) is 18.5 Å². The van der Waals surface area contributed by atoms with Gasteiger partial charge in [-0.25, -0.2) is 0 Å². The van der Waals surface area contributed by atoms with E-state index < -0.39 is 0 Å². The summed E-state index contributed by atoms with van der Waals surface area (Å²) < 4.78 is 0. The van der Waals surface area contributed by atoms with Gasteiger partial charge < -0.3 is 10.6 Å². The summed E-state index contributed by atoms with van der Waals surface area (Å²) in [5.41, 5.74) is 6.46. The molecule has 0 bridgehead atoms. The SMILES string of the molecule is CC(C)CN(CCC1(CN)CCC1)C1CC1. The second-order valence-corrected chi connectivity index (χ2v) is 6.43. The average Bonchev–Trinajstić information content (AvgIpc) is 2.97. The molecule has 2 rings (SSSR count). The van der Waals surface area contributed by atoms with Crippen LogP contribution in [0.5, 0.6) is 0 Å². The van der Waals surface area contributed by atoms with Crippen molar-refractivity contribution < 1.29 is 0 Å². The third-order valence-corrected chi connectivity index (χ3v) is 4.44. The van der Waals surface area contributed by atoms with E-state index in [1.807, 2.05) is 0 Å². The second kappa shape index (κ2) is 5.05. The highest BCUT2D eigenvalue weighted by Crippen LogP contribution is 2.43. The van der Waals surface area contributed by atoms with Gasteiger partial charge in [0.05, 0.1) is 0 Å². The number of nitrogens with two attached hydrogens (primary N) is 1. The van der Waals surface area contributed by atoms with Gasteiger partial charge in [0.1, 0.15) is 0 Å². The Morgan fingerprint density at radius 3 is 2.38 bits per heavy atom. The van der Waals surface area contributed by atoms with Crippen LogP contribution in [-0.4, -0.2) is 30.6 Å². The first-order valence-electron chi connectivity index (χ1n) is 7.09. The van der Waals surface area contributed by atoms with Crippen molar-refractivity contribution in [1.29, 1.82) is 0 Å². The molecule has 0 aromatic rings. The van der Waals surface area contributed by atoms with Crippen LogP contribution in [0.4, 0.5) is 0 Å². The second-order valence-electron chi connectivity index (χ2n) is 6.43. The molecule has 0 spiro atoms. The molecule has 0 aromatic carbocycles. The molecule has 0 atom stereocenters. The monoisotopic (exact) mass is 224 g/mol. The minimum absolute atomic E-state index is 0.532. The lowest BCUT2D eigenvalue weighted by atomic mass is 9.66. The Morgan fingerprint density at radius 2 is 2.00 bits per heavy atom. The first-order chi connectivity index (χ1) is 7.65. The van der Waals surface area contributed by atoms with E-state index in [1.165, 1.54) is 51.6 Å². The molecular formula is C14H28N2. The minimum atomic E-state index is 0.532. The molecule has 2 aliphatic rings. The van der Waals surface area contributed by atoms with Gasteiger partial charge in [0.2, 0.25) is 0 Å². The van der Waals surface area contributed by atoms with Crippen LogP contribution in [0.1, 0.15) is 52.4 Å². The first kappa shape index (κ1) is 12.4. The fraction of sp³-hybridized carbons (Fsp3) is 1.00. The molecule has 0 saturated heterocycles. The molecule has 0 radical (unpaired) electrons. The zero-order chi connectivity index (χ0) is 11.6. The third-order valence-electron chi connectivity index (χ3n) is 4.44. The molecule has 0 unspecified atom stereocenters. The maximum Gasteiger partial charge on any atom is 0.00965 e. The Morgan fingerprint density at radius 1 is 1.31 bits per heavy atom. The maximum atomic E-state index is 5.93. The van der Waals surface area contributed by atoms with Gasteiger partial charge in [-0.15, -0.1) is 0 Å². The molecule has 2 N–H and O–H groups in total. The first-order valence-corrected chi connectivity index (χ1v) is 7.09. The summed E-state index contributed by atoms with van der Waals surface area (Å²) in [5.74, 6) is 0.802. The van der Waals surface area contributed by atoms with Crippen molar-refractivity contribution in [3.8, 4) is 0 Å². The summed E-state index contributed by atoms with van der Waals surface area (Å²) >= 11 is 0. The van der Waals surface area contributed by atoms with Crippen molar-refractivity contribution in [3.05, 3.63) is 0 Å².